The van der Waals surface area contributed by atoms with E-state index in [-0.39, 0.29) is 5.95 Å². The van der Waals surface area contributed by atoms with Gasteiger partial charge in [0.25, 0.3) is 0 Å². The molecule has 2 aromatic rings. The number of hydrogen-bond acceptors (Lipinski definition) is 4. The molecule has 0 atom stereocenters. The molecular formula is C14H20N4. The summed E-state index contributed by atoms with van der Waals surface area (Å²) in [5.41, 5.74) is 13.9. The normalized spacial score (nSPS) is 11.9. The third-order valence-corrected chi connectivity index (χ3v) is 2.97. The number of nitrogens with zero attached hydrogens (tertiary/aromatic N) is 2. The van der Waals surface area contributed by atoms with Crippen LogP contribution in [0.5, 0.6) is 0 Å². The van der Waals surface area contributed by atoms with E-state index < -0.39 is 0 Å². The molecular weight excluding hydrogens is 224 g/mol. The molecule has 0 fully saturated rings. The molecule has 1 aromatic carbocycles. The molecule has 0 amide bonds. The van der Waals surface area contributed by atoms with E-state index in [1.807, 2.05) is 6.07 Å². The highest BCUT2D eigenvalue weighted by atomic mass is 15.0. The van der Waals surface area contributed by atoms with Gasteiger partial charge in [0.15, 0.2) is 0 Å². The molecule has 0 aliphatic heterocycles. The molecule has 0 aliphatic rings. The minimum Gasteiger partial charge on any atom is -0.383 e. The van der Waals surface area contributed by atoms with Crippen LogP contribution in [0.3, 0.4) is 0 Å². The van der Waals surface area contributed by atoms with Gasteiger partial charge in [0, 0.05) is 5.39 Å². The summed E-state index contributed by atoms with van der Waals surface area (Å²) in [5.74, 6) is 0.678. The van der Waals surface area contributed by atoms with Crippen molar-refractivity contribution in [2.75, 3.05) is 11.5 Å². The Morgan fingerprint density at radius 1 is 1.11 bits per heavy atom. The van der Waals surface area contributed by atoms with Crippen molar-refractivity contribution in [1.82, 2.24) is 9.97 Å². The number of nitrogens with two attached hydrogens (primary N) is 2. The molecule has 2 rings (SSSR count). The third-order valence-electron chi connectivity index (χ3n) is 2.97. The second kappa shape index (κ2) is 4.44. The van der Waals surface area contributed by atoms with Crippen LogP contribution in [0.4, 0.5) is 11.8 Å². The van der Waals surface area contributed by atoms with Gasteiger partial charge in [0.05, 0.1) is 5.52 Å². The van der Waals surface area contributed by atoms with Crippen LogP contribution in [-0.4, -0.2) is 9.97 Å². The maximum absolute atomic E-state index is 5.88. The molecule has 4 heteroatoms. The van der Waals surface area contributed by atoms with Crippen molar-refractivity contribution in [3.05, 3.63) is 23.8 Å². The van der Waals surface area contributed by atoms with Crippen LogP contribution >= 0.6 is 0 Å². The Hall–Kier alpha value is -1.84. The van der Waals surface area contributed by atoms with Crippen molar-refractivity contribution in [1.29, 1.82) is 0 Å². The lowest BCUT2D eigenvalue weighted by atomic mass is 9.88. The minimum absolute atomic E-state index is 0.224. The first-order valence-electron chi connectivity index (χ1n) is 6.17. The molecule has 18 heavy (non-hydrogen) atoms. The first-order chi connectivity index (χ1) is 8.35. The van der Waals surface area contributed by atoms with Gasteiger partial charge >= 0.3 is 0 Å². The van der Waals surface area contributed by atoms with E-state index in [1.54, 1.807) is 0 Å². The van der Waals surface area contributed by atoms with E-state index in [2.05, 4.69) is 42.9 Å². The van der Waals surface area contributed by atoms with Gasteiger partial charge in [-0.25, -0.2) is 4.98 Å². The Bertz CT molecular complexity index is 570. The highest BCUT2D eigenvalue weighted by molar-refractivity contribution is 5.89. The number of hydrogen-bond donors (Lipinski definition) is 2. The number of aryl methyl sites for hydroxylation is 1. The number of aromatic nitrogens is 2. The second-order valence-corrected chi connectivity index (χ2v) is 5.88. The average Bonchev–Trinajstić information content (AvgIpc) is 2.25. The summed E-state index contributed by atoms with van der Waals surface area (Å²) in [6, 6.07) is 6.11. The summed E-state index contributed by atoms with van der Waals surface area (Å²) in [5, 5.41) is 0.885. The van der Waals surface area contributed by atoms with Gasteiger partial charge in [0.2, 0.25) is 5.95 Å². The van der Waals surface area contributed by atoms with E-state index in [4.69, 9.17) is 11.5 Å². The molecule has 4 nitrogen and oxygen atoms in total. The molecule has 0 aliphatic carbocycles. The summed E-state index contributed by atoms with van der Waals surface area (Å²) in [4.78, 5) is 8.17. The second-order valence-electron chi connectivity index (χ2n) is 5.88. The minimum atomic E-state index is 0.224. The Labute approximate surface area is 107 Å². The van der Waals surface area contributed by atoms with E-state index in [0.717, 1.165) is 23.7 Å². The highest BCUT2D eigenvalue weighted by Crippen LogP contribution is 2.24. The van der Waals surface area contributed by atoms with E-state index >= 15 is 0 Å². The Balaban J connectivity index is 2.33. The van der Waals surface area contributed by atoms with Gasteiger partial charge < -0.3 is 11.5 Å². The van der Waals surface area contributed by atoms with Crippen LogP contribution in [-0.2, 0) is 6.42 Å². The summed E-state index contributed by atoms with van der Waals surface area (Å²) in [6.07, 6.45) is 2.16. The molecule has 0 saturated carbocycles. The molecule has 0 bridgehead atoms. The highest BCUT2D eigenvalue weighted by Gasteiger charge is 2.11. The van der Waals surface area contributed by atoms with Crippen molar-refractivity contribution >= 4 is 22.7 Å². The molecule has 0 unspecified atom stereocenters. The predicted octanol–water partition coefficient (Wildman–Crippen LogP) is 2.77. The van der Waals surface area contributed by atoms with Crippen molar-refractivity contribution in [2.45, 2.75) is 33.6 Å². The lowest BCUT2D eigenvalue weighted by Crippen LogP contribution is -2.06. The number of anilines is 2. The molecule has 1 aromatic heterocycles. The summed E-state index contributed by atoms with van der Waals surface area (Å²) < 4.78 is 0. The van der Waals surface area contributed by atoms with Gasteiger partial charge in [-0.15, -0.1) is 0 Å². The summed E-state index contributed by atoms with van der Waals surface area (Å²) in [7, 11) is 0. The zero-order chi connectivity index (χ0) is 13.3. The fraction of sp³-hybridized carbons (Fsp3) is 0.429. The maximum atomic E-state index is 5.88. The molecule has 0 spiro atoms. The zero-order valence-electron chi connectivity index (χ0n) is 11.2. The van der Waals surface area contributed by atoms with Crippen molar-refractivity contribution in [3.63, 3.8) is 0 Å². The van der Waals surface area contributed by atoms with Crippen LogP contribution in [0.2, 0.25) is 0 Å². The van der Waals surface area contributed by atoms with Crippen molar-refractivity contribution in [2.24, 2.45) is 5.41 Å². The summed E-state index contributed by atoms with van der Waals surface area (Å²) >= 11 is 0. The van der Waals surface area contributed by atoms with Crippen LogP contribution in [0.1, 0.15) is 32.8 Å². The molecule has 1 heterocycles. The molecule has 0 saturated heterocycles. The van der Waals surface area contributed by atoms with Gasteiger partial charge in [-0.1, -0.05) is 26.8 Å². The fourth-order valence-corrected chi connectivity index (χ4v) is 1.89. The van der Waals surface area contributed by atoms with Crippen LogP contribution in [0.25, 0.3) is 10.9 Å². The van der Waals surface area contributed by atoms with Crippen molar-refractivity contribution < 1.29 is 0 Å². The number of benzene rings is 1. The fourth-order valence-electron chi connectivity index (χ4n) is 1.89. The number of rotatable bonds is 2. The Kier molecular flexibility index (Phi) is 3.11. The topological polar surface area (TPSA) is 77.8 Å². The van der Waals surface area contributed by atoms with Crippen molar-refractivity contribution in [3.8, 4) is 0 Å². The lowest BCUT2D eigenvalue weighted by molar-refractivity contribution is 0.378. The van der Waals surface area contributed by atoms with Gasteiger partial charge in [-0.3, -0.25) is 0 Å². The summed E-state index contributed by atoms with van der Waals surface area (Å²) in [6.45, 7) is 6.73. The first kappa shape index (κ1) is 12.6. The molecule has 4 N–H and O–H groups in total. The smallest absolute Gasteiger partial charge is 0.222 e. The number of fused-ring (bicyclic) bond motifs is 1. The molecule has 96 valence electrons. The standard InChI is InChI=1S/C14H20N4/c1-14(2,3)7-6-9-4-5-11-10(8-9)12(15)18-13(16)17-11/h4-5,8H,6-7H2,1-3H3,(H4,15,16,17,18). The third kappa shape index (κ3) is 2.88. The largest absolute Gasteiger partial charge is 0.383 e. The zero-order valence-corrected chi connectivity index (χ0v) is 11.2. The quantitative estimate of drug-likeness (QED) is 0.851. The Morgan fingerprint density at radius 2 is 1.83 bits per heavy atom. The Morgan fingerprint density at radius 3 is 2.50 bits per heavy atom. The van der Waals surface area contributed by atoms with Gasteiger partial charge in [-0.05, 0) is 36.0 Å². The monoisotopic (exact) mass is 244 g/mol. The first-order valence-corrected chi connectivity index (χ1v) is 6.17. The molecule has 0 radical (unpaired) electrons. The van der Waals surface area contributed by atoms with Crippen LogP contribution in [0.15, 0.2) is 18.2 Å². The average molecular weight is 244 g/mol. The van der Waals surface area contributed by atoms with Crippen LogP contribution in [0, 0.1) is 5.41 Å². The number of nitrogen functional groups attached to an aromatic ring is 2. The van der Waals surface area contributed by atoms with Gasteiger partial charge in [0.1, 0.15) is 5.82 Å². The van der Waals surface area contributed by atoms with E-state index in [0.29, 0.717) is 11.2 Å². The van der Waals surface area contributed by atoms with Gasteiger partial charge in [-0.2, -0.15) is 4.98 Å². The van der Waals surface area contributed by atoms with E-state index in [9.17, 15) is 0 Å². The SMILES string of the molecule is CC(C)(C)CCc1ccc2nc(N)nc(N)c2c1. The lowest BCUT2D eigenvalue weighted by Gasteiger charge is -2.17. The predicted molar refractivity (Wildman–Crippen MR) is 76.1 cm³/mol. The van der Waals surface area contributed by atoms with Crippen LogP contribution < -0.4 is 11.5 Å². The van der Waals surface area contributed by atoms with E-state index in [1.165, 1.54) is 5.56 Å². The maximum Gasteiger partial charge on any atom is 0.222 e.